The minimum Gasteiger partial charge on any atom is -0.481 e. The molecule has 0 saturated carbocycles. The second-order valence-corrected chi connectivity index (χ2v) is 16.3. The number of hydrogen-bond donors (Lipinski definition) is 1. The molecule has 0 radical (unpaired) electrons. The van der Waals surface area contributed by atoms with Gasteiger partial charge in [0, 0.05) is 11.9 Å². The molecule has 36 heavy (non-hydrogen) atoms. The number of unbranched alkanes of at least 4 members (excludes halogenated alkanes) is 6. The Labute approximate surface area is 225 Å². The Morgan fingerprint density at radius 1 is 0.833 bits per heavy atom. The lowest BCUT2D eigenvalue weighted by molar-refractivity contribution is -0.136. The number of carboxylic acids is 1. The largest absolute Gasteiger partial charge is 0.481 e. The van der Waals surface area contributed by atoms with Crippen LogP contribution in [0.4, 0.5) is 0 Å². The fraction of sp³-hybridized carbons (Fsp3) is 0.581. The summed E-state index contributed by atoms with van der Waals surface area (Å²) in [7, 11) is -2.59. The van der Waals surface area contributed by atoms with Crippen LogP contribution in [0.25, 0.3) is 0 Å². The fourth-order valence-corrected chi connectivity index (χ4v) is 10.7. The summed E-state index contributed by atoms with van der Waals surface area (Å²) < 4.78 is 7.46. The predicted octanol–water partition coefficient (Wildman–Crippen LogP) is 7.67. The van der Waals surface area contributed by atoms with Crippen LogP contribution in [0.1, 0.15) is 91.9 Å². The van der Waals surface area contributed by atoms with E-state index in [0.29, 0.717) is 5.75 Å². The number of thioether (sulfide) groups is 1. The van der Waals surface area contributed by atoms with Crippen molar-refractivity contribution in [2.75, 3.05) is 11.5 Å². The number of carbonyl (C=O) groups is 1. The molecule has 0 aromatic heterocycles. The molecule has 3 nitrogen and oxygen atoms in total. The molecule has 0 spiro atoms. The van der Waals surface area contributed by atoms with Crippen LogP contribution >= 0.6 is 11.8 Å². The van der Waals surface area contributed by atoms with Crippen molar-refractivity contribution in [2.24, 2.45) is 0 Å². The van der Waals surface area contributed by atoms with Crippen LogP contribution in [0.3, 0.4) is 0 Å². The topological polar surface area (TPSA) is 46.5 Å². The van der Waals surface area contributed by atoms with Crippen LogP contribution in [-0.4, -0.2) is 37.0 Å². The summed E-state index contributed by atoms with van der Waals surface area (Å²) in [6.07, 6.45) is 11.5. The van der Waals surface area contributed by atoms with E-state index in [1.165, 1.54) is 55.3 Å². The standard InChI is InChI=1S/C31H48O3SSi/c1-5-6-7-8-9-10-13-18-27(23-25-35-26-24-30(32)33)34-36(31(2,3)4,28-19-14-11-15-20-28)29-21-16-12-17-22-29/h11-12,14-17,19-22,27H,5-10,13,18,23-26H2,1-4H3,(H,32,33). The van der Waals surface area contributed by atoms with E-state index >= 15 is 0 Å². The highest BCUT2D eigenvalue weighted by molar-refractivity contribution is 7.99. The van der Waals surface area contributed by atoms with Gasteiger partial charge in [0.25, 0.3) is 8.32 Å². The summed E-state index contributed by atoms with van der Waals surface area (Å²) in [5, 5.41) is 11.6. The molecule has 1 atom stereocenters. The van der Waals surface area contributed by atoms with E-state index in [0.717, 1.165) is 18.6 Å². The molecule has 1 unspecified atom stereocenters. The van der Waals surface area contributed by atoms with Crippen molar-refractivity contribution in [1.82, 2.24) is 0 Å². The molecule has 0 saturated heterocycles. The van der Waals surface area contributed by atoms with Gasteiger partial charge in [-0.1, -0.05) is 133 Å². The third-order valence-electron chi connectivity index (χ3n) is 6.93. The Bertz CT molecular complexity index is 812. The minimum absolute atomic E-state index is 0.0371. The van der Waals surface area contributed by atoms with E-state index in [2.05, 4.69) is 88.4 Å². The third kappa shape index (κ3) is 9.72. The van der Waals surface area contributed by atoms with E-state index in [1.807, 2.05) is 0 Å². The fourth-order valence-electron chi connectivity index (χ4n) is 5.01. The van der Waals surface area contributed by atoms with Crippen molar-refractivity contribution >= 4 is 36.4 Å². The first-order valence-corrected chi connectivity index (χ1v) is 17.0. The molecule has 0 fully saturated rings. The van der Waals surface area contributed by atoms with Crippen LogP contribution in [0, 0.1) is 0 Å². The number of rotatable bonds is 18. The molecule has 0 aliphatic carbocycles. The van der Waals surface area contributed by atoms with Gasteiger partial charge in [0.1, 0.15) is 0 Å². The summed E-state index contributed by atoms with van der Waals surface area (Å²) in [4.78, 5) is 10.9. The summed E-state index contributed by atoms with van der Waals surface area (Å²) in [5.41, 5.74) is 0. The number of aliphatic carboxylic acids is 1. The molecule has 2 aromatic carbocycles. The van der Waals surface area contributed by atoms with Crippen molar-refractivity contribution in [3.8, 4) is 0 Å². The van der Waals surface area contributed by atoms with Gasteiger partial charge in [-0.05, 0) is 34.0 Å². The molecule has 2 aromatic rings. The van der Waals surface area contributed by atoms with Gasteiger partial charge >= 0.3 is 5.97 Å². The van der Waals surface area contributed by atoms with Crippen molar-refractivity contribution in [2.45, 2.75) is 103 Å². The Balaban J connectivity index is 2.25. The van der Waals surface area contributed by atoms with Crippen LogP contribution in [0.15, 0.2) is 60.7 Å². The van der Waals surface area contributed by atoms with Gasteiger partial charge in [-0.15, -0.1) is 0 Å². The monoisotopic (exact) mass is 528 g/mol. The van der Waals surface area contributed by atoms with E-state index < -0.39 is 14.3 Å². The maximum absolute atomic E-state index is 10.9. The molecule has 2 rings (SSSR count). The van der Waals surface area contributed by atoms with E-state index in [9.17, 15) is 4.79 Å². The highest BCUT2D eigenvalue weighted by atomic mass is 32.2. The lowest BCUT2D eigenvalue weighted by Crippen LogP contribution is -2.67. The zero-order valence-corrected chi connectivity index (χ0v) is 24.8. The molecule has 0 heterocycles. The maximum atomic E-state index is 10.9. The Kier molecular flexibility index (Phi) is 13.9. The first-order valence-electron chi connectivity index (χ1n) is 13.9. The van der Waals surface area contributed by atoms with Gasteiger partial charge in [-0.2, -0.15) is 11.8 Å². The predicted molar refractivity (Wildman–Crippen MR) is 159 cm³/mol. The van der Waals surface area contributed by atoms with Crippen molar-refractivity contribution in [3.63, 3.8) is 0 Å². The van der Waals surface area contributed by atoms with E-state index in [4.69, 9.17) is 9.53 Å². The average Bonchev–Trinajstić information content (AvgIpc) is 2.86. The molecule has 0 bridgehead atoms. The molecule has 0 aliphatic rings. The zero-order chi connectivity index (χ0) is 26.3. The average molecular weight is 529 g/mol. The van der Waals surface area contributed by atoms with Crippen molar-refractivity contribution in [1.29, 1.82) is 0 Å². The summed E-state index contributed by atoms with van der Waals surface area (Å²) >= 11 is 1.74. The molecular formula is C31H48O3SSi. The Hall–Kier alpha value is -1.56. The van der Waals surface area contributed by atoms with Crippen molar-refractivity contribution in [3.05, 3.63) is 60.7 Å². The zero-order valence-electron chi connectivity index (χ0n) is 23.0. The third-order valence-corrected chi connectivity index (χ3v) is 13.0. The quantitative estimate of drug-likeness (QED) is 0.159. The molecule has 200 valence electrons. The van der Waals surface area contributed by atoms with Crippen LogP contribution in [-0.2, 0) is 9.22 Å². The minimum atomic E-state index is -2.59. The van der Waals surface area contributed by atoms with Crippen molar-refractivity contribution < 1.29 is 14.3 Å². The summed E-state index contributed by atoms with van der Waals surface area (Å²) in [5.74, 6) is 0.886. The SMILES string of the molecule is CCCCCCCCCC(CCSCCC(=O)O)O[Si](c1ccccc1)(c1ccccc1)C(C)(C)C. The van der Waals surface area contributed by atoms with Gasteiger partial charge in [0.2, 0.25) is 0 Å². The number of carboxylic acid groups (broad SMARTS) is 1. The second kappa shape index (κ2) is 16.3. The molecule has 0 amide bonds. The lowest BCUT2D eigenvalue weighted by Gasteiger charge is -2.45. The summed E-state index contributed by atoms with van der Waals surface area (Å²) in [6, 6.07) is 21.8. The van der Waals surface area contributed by atoms with Crippen LogP contribution in [0.5, 0.6) is 0 Å². The molecule has 5 heteroatoms. The normalized spacial score (nSPS) is 13.0. The van der Waals surface area contributed by atoms with Gasteiger partial charge in [0.15, 0.2) is 0 Å². The number of benzene rings is 2. The second-order valence-electron chi connectivity index (χ2n) is 10.9. The van der Waals surface area contributed by atoms with Gasteiger partial charge < -0.3 is 9.53 Å². The highest BCUT2D eigenvalue weighted by Crippen LogP contribution is 2.38. The van der Waals surface area contributed by atoms with Crippen LogP contribution < -0.4 is 10.4 Å². The Morgan fingerprint density at radius 2 is 1.36 bits per heavy atom. The van der Waals surface area contributed by atoms with E-state index in [1.54, 1.807) is 11.8 Å². The lowest BCUT2D eigenvalue weighted by atomic mass is 10.1. The van der Waals surface area contributed by atoms with Crippen LogP contribution in [0.2, 0.25) is 5.04 Å². The number of hydrogen-bond acceptors (Lipinski definition) is 3. The summed E-state index contributed by atoms with van der Waals surface area (Å²) in [6.45, 7) is 9.28. The maximum Gasteiger partial charge on any atom is 0.304 e. The highest BCUT2D eigenvalue weighted by Gasteiger charge is 2.51. The molecule has 0 aliphatic heterocycles. The van der Waals surface area contributed by atoms with Gasteiger partial charge in [-0.3, -0.25) is 4.79 Å². The first kappa shape index (κ1) is 30.7. The first-order chi connectivity index (χ1) is 17.3. The Morgan fingerprint density at radius 3 is 1.86 bits per heavy atom. The van der Waals surface area contributed by atoms with Gasteiger partial charge in [-0.25, -0.2) is 0 Å². The molecular weight excluding hydrogens is 480 g/mol. The smallest absolute Gasteiger partial charge is 0.304 e. The molecule has 1 N–H and O–H groups in total. The van der Waals surface area contributed by atoms with Gasteiger partial charge in [0.05, 0.1) is 6.42 Å². The van der Waals surface area contributed by atoms with E-state index in [-0.39, 0.29) is 17.6 Å².